The van der Waals surface area contributed by atoms with E-state index in [4.69, 9.17) is 4.74 Å². The molecule has 30 heavy (non-hydrogen) atoms. The average Bonchev–Trinajstić information content (AvgIpc) is 3.15. The highest BCUT2D eigenvalue weighted by Crippen LogP contribution is 2.32. The zero-order chi connectivity index (χ0) is 21.5. The number of nitrogens with zero attached hydrogens (tertiary/aromatic N) is 1. The van der Waals surface area contributed by atoms with Gasteiger partial charge in [0.15, 0.2) is 0 Å². The van der Waals surface area contributed by atoms with Gasteiger partial charge in [-0.05, 0) is 69.7 Å². The quantitative estimate of drug-likeness (QED) is 0.282. The molecule has 0 aliphatic heterocycles. The van der Waals surface area contributed by atoms with Crippen LogP contribution in [0.5, 0.6) is 5.75 Å². The Balaban J connectivity index is 1.72. The van der Waals surface area contributed by atoms with Crippen molar-refractivity contribution < 1.29 is 9.53 Å². The van der Waals surface area contributed by atoms with E-state index in [9.17, 15) is 10.1 Å². The number of nitrogens with one attached hydrogen (secondary N) is 2. The minimum atomic E-state index is -0.394. The van der Waals surface area contributed by atoms with Crippen molar-refractivity contribution in [3.8, 4) is 11.8 Å². The normalized spacial score (nSPS) is 11.2. The maximum absolute atomic E-state index is 12.5. The summed E-state index contributed by atoms with van der Waals surface area (Å²) in [5.41, 5.74) is 3.90. The number of benzene rings is 2. The number of halogens is 1. The smallest absolute Gasteiger partial charge is 0.261 e. The van der Waals surface area contributed by atoms with E-state index in [1.165, 1.54) is 0 Å². The molecule has 0 radical (unpaired) electrons. The molecule has 6 heteroatoms. The standard InChI is InChI=1S/C24H22BrN3O2/c1-3-6-17-11-16(13-21(25)23(17)30-2)12-19(14-26)24(29)27-10-9-18-15-28-22-8-5-4-7-20(18)22/h3-5,7-8,11-13,15,28H,1,6,9-10H2,2H3,(H,27,29)/b19-12-. The van der Waals surface area contributed by atoms with Gasteiger partial charge in [0, 0.05) is 23.6 Å². The van der Waals surface area contributed by atoms with Crippen LogP contribution in [-0.4, -0.2) is 24.5 Å². The molecule has 3 aromatic rings. The SMILES string of the molecule is C=CCc1cc(/C=C(/C#N)C(=O)NCCc2c[nH]c3ccccc23)cc(Br)c1OC. The molecule has 0 aliphatic rings. The number of amides is 1. The molecular weight excluding hydrogens is 442 g/mol. The van der Waals surface area contributed by atoms with Crippen LogP contribution in [0.4, 0.5) is 0 Å². The Hall–Kier alpha value is -3.30. The third-order valence-corrected chi connectivity index (χ3v) is 5.33. The summed E-state index contributed by atoms with van der Waals surface area (Å²) in [6.07, 6.45) is 6.60. The summed E-state index contributed by atoms with van der Waals surface area (Å²) < 4.78 is 6.18. The fourth-order valence-corrected chi connectivity index (χ4v) is 4.03. The number of aromatic amines is 1. The van der Waals surface area contributed by atoms with E-state index in [-0.39, 0.29) is 5.57 Å². The summed E-state index contributed by atoms with van der Waals surface area (Å²) in [6, 6.07) is 13.7. The lowest BCUT2D eigenvalue weighted by Crippen LogP contribution is -2.26. The van der Waals surface area contributed by atoms with E-state index in [1.807, 2.05) is 48.7 Å². The van der Waals surface area contributed by atoms with Gasteiger partial charge in [-0.2, -0.15) is 5.26 Å². The number of allylic oxidation sites excluding steroid dienone is 1. The number of carbonyl (C=O) groups is 1. The number of rotatable bonds is 8. The van der Waals surface area contributed by atoms with Gasteiger partial charge in [0.25, 0.3) is 5.91 Å². The Morgan fingerprint density at radius 2 is 2.13 bits per heavy atom. The Labute approximate surface area is 184 Å². The van der Waals surface area contributed by atoms with Gasteiger partial charge in [0.05, 0.1) is 11.6 Å². The van der Waals surface area contributed by atoms with Gasteiger partial charge in [-0.1, -0.05) is 24.3 Å². The highest BCUT2D eigenvalue weighted by Gasteiger charge is 2.12. The lowest BCUT2D eigenvalue weighted by molar-refractivity contribution is -0.117. The lowest BCUT2D eigenvalue weighted by atomic mass is 10.0. The largest absolute Gasteiger partial charge is 0.495 e. The second kappa shape index (κ2) is 9.95. The summed E-state index contributed by atoms with van der Waals surface area (Å²) in [4.78, 5) is 15.8. The first-order chi connectivity index (χ1) is 14.6. The van der Waals surface area contributed by atoms with E-state index in [0.717, 1.165) is 32.1 Å². The molecule has 0 aliphatic carbocycles. The molecule has 5 nitrogen and oxygen atoms in total. The molecule has 0 atom stereocenters. The molecule has 1 heterocycles. The third-order valence-electron chi connectivity index (χ3n) is 4.74. The molecule has 0 spiro atoms. The van der Waals surface area contributed by atoms with Crippen LogP contribution in [0.15, 0.2) is 65.3 Å². The Morgan fingerprint density at radius 1 is 1.33 bits per heavy atom. The van der Waals surface area contributed by atoms with Crippen molar-refractivity contribution in [2.24, 2.45) is 0 Å². The molecule has 1 amide bonds. The molecule has 0 fully saturated rings. The number of aromatic nitrogens is 1. The molecule has 0 bridgehead atoms. The van der Waals surface area contributed by atoms with E-state index in [0.29, 0.717) is 25.1 Å². The van der Waals surface area contributed by atoms with Crippen LogP contribution in [0.2, 0.25) is 0 Å². The van der Waals surface area contributed by atoms with Crippen molar-refractivity contribution in [2.75, 3.05) is 13.7 Å². The van der Waals surface area contributed by atoms with Crippen LogP contribution in [0, 0.1) is 11.3 Å². The van der Waals surface area contributed by atoms with Crippen LogP contribution >= 0.6 is 15.9 Å². The van der Waals surface area contributed by atoms with Crippen molar-refractivity contribution in [3.05, 3.63) is 82.0 Å². The Bertz CT molecular complexity index is 1150. The first-order valence-corrected chi connectivity index (χ1v) is 10.3. The van der Waals surface area contributed by atoms with E-state index in [1.54, 1.807) is 19.3 Å². The maximum atomic E-state index is 12.5. The number of hydrogen-bond acceptors (Lipinski definition) is 3. The van der Waals surface area contributed by atoms with E-state index in [2.05, 4.69) is 32.8 Å². The number of fused-ring (bicyclic) bond motifs is 1. The van der Waals surface area contributed by atoms with Crippen molar-refractivity contribution >= 4 is 38.8 Å². The first kappa shape index (κ1) is 21.4. The van der Waals surface area contributed by atoms with Crippen LogP contribution in [0.1, 0.15) is 16.7 Å². The summed E-state index contributed by atoms with van der Waals surface area (Å²) in [5.74, 6) is 0.322. The highest BCUT2D eigenvalue weighted by atomic mass is 79.9. The fraction of sp³-hybridized carbons (Fsp3) is 0.167. The van der Waals surface area contributed by atoms with Crippen molar-refractivity contribution in [1.82, 2.24) is 10.3 Å². The fourth-order valence-electron chi connectivity index (χ4n) is 3.35. The summed E-state index contributed by atoms with van der Waals surface area (Å²) in [5, 5.41) is 13.5. The van der Waals surface area contributed by atoms with Gasteiger partial charge in [-0.25, -0.2) is 0 Å². The van der Waals surface area contributed by atoms with E-state index < -0.39 is 5.91 Å². The summed E-state index contributed by atoms with van der Waals surface area (Å²) in [6.45, 7) is 4.20. The topological polar surface area (TPSA) is 77.9 Å². The Kier molecular flexibility index (Phi) is 7.10. The Morgan fingerprint density at radius 3 is 2.87 bits per heavy atom. The number of nitriles is 1. The predicted octanol–water partition coefficient (Wildman–Crippen LogP) is 4.93. The third kappa shape index (κ3) is 4.81. The number of H-pyrrole nitrogens is 1. The minimum Gasteiger partial charge on any atom is -0.495 e. The zero-order valence-corrected chi connectivity index (χ0v) is 18.3. The average molecular weight is 464 g/mol. The summed E-state index contributed by atoms with van der Waals surface area (Å²) in [7, 11) is 1.60. The van der Waals surface area contributed by atoms with Crippen LogP contribution < -0.4 is 10.1 Å². The number of methoxy groups -OCH3 is 1. The van der Waals surface area contributed by atoms with Crippen molar-refractivity contribution in [1.29, 1.82) is 5.26 Å². The van der Waals surface area contributed by atoms with Gasteiger partial charge in [0.2, 0.25) is 0 Å². The second-order valence-electron chi connectivity index (χ2n) is 6.72. The molecule has 1 aromatic heterocycles. The first-order valence-electron chi connectivity index (χ1n) is 9.49. The molecule has 0 saturated heterocycles. The van der Waals surface area contributed by atoms with Gasteiger partial charge < -0.3 is 15.0 Å². The molecule has 0 unspecified atom stereocenters. The molecule has 2 N–H and O–H groups in total. The summed E-state index contributed by atoms with van der Waals surface area (Å²) >= 11 is 3.49. The molecule has 2 aromatic carbocycles. The highest BCUT2D eigenvalue weighted by molar-refractivity contribution is 9.10. The predicted molar refractivity (Wildman–Crippen MR) is 123 cm³/mol. The van der Waals surface area contributed by atoms with Gasteiger partial charge in [-0.3, -0.25) is 4.79 Å². The van der Waals surface area contributed by atoms with Crippen LogP contribution in [0.25, 0.3) is 17.0 Å². The van der Waals surface area contributed by atoms with Crippen molar-refractivity contribution in [3.63, 3.8) is 0 Å². The van der Waals surface area contributed by atoms with Crippen LogP contribution in [0.3, 0.4) is 0 Å². The number of ether oxygens (including phenoxy) is 1. The molecule has 152 valence electrons. The number of hydrogen-bond donors (Lipinski definition) is 2. The number of para-hydroxylation sites is 1. The monoisotopic (exact) mass is 463 g/mol. The van der Waals surface area contributed by atoms with Gasteiger partial charge in [-0.15, -0.1) is 6.58 Å². The van der Waals surface area contributed by atoms with Crippen molar-refractivity contribution in [2.45, 2.75) is 12.8 Å². The molecule has 3 rings (SSSR count). The maximum Gasteiger partial charge on any atom is 0.261 e. The minimum absolute atomic E-state index is 0.0514. The van der Waals surface area contributed by atoms with E-state index >= 15 is 0 Å². The molecule has 0 saturated carbocycles. The lowest BCUT2D eigenvalue weighted by Gasteiger charge is -2.11. The zero-order valence-electron chi connectivity index (χ0n) is 16.7. The second-order valence-corrected chi connectivity index (χ2v) is 7.58. The van der Waals surface area contributed by atoms with Gasteiger partial charge >= 0.3 is 0 Å². The van der Waals surface area contributed by atoms with Crippen LogP contribution in [-0.2, 0) is 17.6 Å². The number of carbonyl (C=O) groups excluding carboxylic acids is 1. The van der Waals surface area contributed by atoms with Gasteiger partial charge in [0.1, 0.15) is 17.4 Å². The molecular formula is C24H22BrN3O2.